The van der Waals surface area contributed by atoms with E-state index >= 15 is 0 Å². The Labute approximate surface area is 170 Å². The van der Waals surface area contributed by atoms with Crippen LogP contribution in [-0.4, -0.2) is 32.2 Å². The Kier molecular flexibility index (Phi) is 4.60. The largest absolute Gasteiger partial charge is 0.354 e. The summed E-state index contributed by atoms with van der Waals surface area (Å²) < 4.78 is 1.81. The zero-order chi connectivity index (χ0) is 19.6. The third-order valence-electron chi connectivity index (χ3n) is 5.52. The molecule has 0 amide bonds. The van der Waals surface area contributed by atoms with E-state index in [0.29, 0.717) is 6.04 Å². The minimum absolute atomic E-state index is 0.524. The van der Waals surface area contributed by atoms with Crippen LogP contribution in [-0.2, 0) is 0 Å². The van der Waals surface area contributed by atoms with Crippen molar-refractivity contribution in [2.45, 2.75) is 32.2 Å². The smallest absolute Gasteiger partial charge is 0.177 e. The van der Waals surface area contributed by atoms with Crippen molar-refractivity contribution in [2.24, 2.45) is 0 Å². The van der Waals surface area contributed by atoms with Crippen molar-refractivity contribution >= 4 is 23.0 Å². The van der Waals surface area contributed by atoms with Gasteiger partial charge in [-0.25, -0.2) is 14.5 Å². The van der Waals surface area contributed by atoms with Gasteiger partial charge in [0.15, 0.2) is 5.65 Å². The molecule has 4 aromatic rings. The summed E-state index contributed by atoms with van der Waals surface area (Å²) in [4.78, 5) is 11.8. The van der Waals surface area contributed by atoms with E-state index in [1.54, 1.807) is 10.7 Å². The molecule has 29 heavy (non-hydrogen) atoms. The van der Waals surface area contributed by atoms with Gasteiger partial charge in [0, 0.05) is 30.5 Å². The monoisotopic (exact) mass is 384 g/mol. The van der Waals surface area contributed by atoms with Crippen LogP contribution in [0.3, 0.4) is 0 Å². The third kappa shape index (κ3) is 3.53. The molecule has 1 aliphatic heterocycles. The van der Waals surface area contributed by atoms with Gasteiger partial charge in [0.2, 0.25) is 0 Å². The lowest BCUT2D eigenvalue weighted by Gasteiger charge is -2.34. The normalized spacial score (nSPS) is 16.9. The zero-order valence-electron chi connectivity index (χ0n) is 16.5. The molecule has 0 aliphatic carbocycles. The number of rotatable bonds is 4. The Morgan fingerprint density at radius 2 is 1.93 bits per heavy atom. The molecule has 1 atom stereocenters. The van der Waals surface area contributed by atoms with Crippen LogP contribution < -0.4 is 10.2 Å². The molecule has 0 radical (unpaired) electrons. The molecule has 0 bridgehead atoms. The van der Waals surface area contributed by atoms with Crippen LogP contribution in [0.25, 0.3) is 16.9 Å². The van der Waals surface area contributed by atoms with Crippen LogP contribution >= 0.6 is 0 Å². The average Bonchev–Trinajstić information content (AvgIpc) is 3.24. The van der Waals surface area contributed by atoms with E-state index in [9.17, 15) is 0 Å². The van der Waals surface area contributed by atoms with Gasteiger partial charge in [0.05, 0.1) is 11.4 Å². The van der Waals surface area contributed by atoms with Crippen molar-refractivity contribution in [1.82, 2.24) is 19.6 Å². The van der Waals surface area contributed by atoms with Crippen LogP contribution in [0.15, 0.2) is 67.0 Å². The first-order chi connectivity index (χ1) is 14.3. The summed E-state index contributed by atoms with van der Waals surface area (Å²) in [6, 6.07) is 18.9. The molecule has 3 aromatic heterocycles. The van der Waals surface area contributed by atoms with Gasteiger partial charge in [-0.2, -0.15) is 5.10 Å². The van der Waals surface area contributed by atoms with Gasteiger partial charge in [0.25, 0.3) is 0 Å². The summed E-state index contributed by atoms with van der Waals surface area (Å²) >= 11 is 0. The van der Waals surface area contributed by atoms with Crippen molar-refractivity contribution in [3.63, 3.8) is 0 Å². The van der Waals surface area contributed by atoms with E-state index in [1.807, 2.05) is 36.5 Å². The fourth-order valence-corrected chi connectivity index (χ4v) is 3.99. The second-order valence-electron chi connectivity index (χ2n) is 7.55. The molecular weight excluding hydrogens is 360 g/mol. The Morgan fingerprint density at radius 1 is 1.03 bits per heavy atom. The van der Waals surface area contributed by atoms with Crippen LogP contribution in [0.1, 0.15) is 26.2 Å². The molecule has 6 nitrogen and oxygen atoms in total. The van der Waals surface area contributed by atoms with E-state index < -0.39 is 0 Å². The van der Waals surface area contributed by atoms with Crippen LogP contribution in [0.4, 0.5) is 17.3 Å². The Balaban J connectivity index is 1.50. The minimum Gasteiger partial charge on any atom is -0.354 e. The number of nitrogens with one attached hydrogen (secondary N) is 1. The van der Waals surface area contributed by atoms with E-state index in [-0.39, 0.29) is 0 Å². The molecular formula is C23H24N6. The zero-order valence-corrected chi connectivity index (χ0v) is 16.5. The summed E-state index contributed by atoms with van der Waals surface area (Å²) in [7, 11) is 0. The molecule has 1 N–H and O–H groups in total. The maximum atomic E-state index is 4.89. The van der Waals surface area contributed by atoms with E-state index in [0.717, 1.165) is 40.8 Å². The second kappa shape index (κ2) is 7.54. The molecule has 1 aromatic carbocycles. The number of aromatic nitrogens is 4. The number of benzene rings is 1. The van der Waals surface area contributed by atoms with Crippen molar-refractivity contribution < 1.29 is 0 Å². The number of hydrogen-bond donors (Lipinski definition) is 1. The lowest BCUT2D eigenvalue weighted by Crippen LogP contribution is -2.37. The molecule has 4 heterocycles. The summed E-state index contributed by atoms with van der Waals surface area (Å²) in [5.74, 6) is 1.84. The molecule has 1 saturated heterocycles. The van der Waals surface area contributed by atoms with Gasteiger partial charge in [-0.1, -0.05) is 36.4 Å². The van der Waals surface area contributed by atoms with Gasteiger partial charge in [-0.05, 0) is 44.4 Å². The summed E-state index contributed by atoms with van der Waals surface area (Å²) in [5, 5.41) is 8.17. The third-order valence-corrected chi connectivity index (χ3v) is 5.52. The van der Waals surface area contributed by atoms with Crippen LogP contribution in [0, 0.1) is 0 Å². The Bertz CT molecular complexity index is 1120. The molecule has 6 heteroatoms. The first kappa shape index (κ1) is 17.7. The number of piperidine rings is 1. The predicted octanol–water partition coefficient (Wildman–Crippen LogP) is 4.91. The van der Waals surface area contributed by atoms with Gasteiger partial charge in [-0.15, -0.1) is 0 Å². The highest BCUT2D eigenvalue weighted by Crippen LogP contribution is 2.28. The van der Waals surface area contributed by atoms with Gasteiger partial charge in [-0.3, -0.25) is 0 Å². The minimum atomic E-state index is 0.524. The van der Waals surface area contributed by atoms with Gasteiger partial charge in [0.1, 0.15) is 11.6 Å². The molecule has 0 spiro atoms. The second-order valence-corrected chi connectivity index (χ2v) is 7.55. The predicted molar refractivity (Wildman–Crippen MR) is 117 cm³/mol. The van der Waals surface area contributed by atoms with Crippen molar-refractivity contribution in [1.29, 1.82) is 0 Å². The number of fused-ring (bicyclic) bond motifs is 1. The Hall–Kier alpha value is -3.41. The highest BCUT2D eigenvalue weighted by molar-refractivity contribution is 5.77. The SMILES string of the molecule is CC1CCCCN1c1cccc(Nc2cc(-c3ccccc3)nn3ccnc23)n1. The Morgan fingerprint density at radius 3 is 2.79 bits per heavy atom. The van der Waals surface area contributed by atoms with E-state index in [4.69, 9.17) is 10.1 Å². The standard InChI is InChI=1S/C23H24N6/c1-17-8-5-6-14-28(17)22-12-7-11-21(26-22)25-20-16-19(18-9-3-2-4-10-18)27-29-15-13-24-23(20)29/h2-4,7,9-13,15-17H,5-6,8,14H2,1H3,(H,25,26). The molecule has 0 saturated carbocycles. The van der Waals surface area contributed by atoms with E-state index in [1.165, 1.54) is 19.3 Å². The molecule has 5 rings (SSSR count). The van der Waals surface area contributed by atoms with Crippen LogP contribution in [0.2, 0.25) is 0 Å². The first-order valence-corrected chi connectivity index (χ1v) is 10.2. The maximum absolute atomic E-state index is 4.89. The number of anilines is 3. The molecule has 1 aliphatic rings. The fraction of sp³-hybridized carbons (Fsp3) is 0.261. The van der Waals surface area contributed by atoms with Crippen molar-refractivity contribution in [3.05, 3.63) is 67.0 Å². The maximum Gasteiger partial charge on any atom is 0.177 e. The summed E-state index contributed by atoms with van der Waals surface area (Å²) in [6.45, 7) is 3.35. The average molecular weight is 384 g/mol. The number of pyridine rings is 1. The summed E-state index contributed by atoms with van der Waals surface area (Å²) in [5.41, 5.74) is 3.62. The first-order valence-electron chi connectivity index (χ1n) is 10.2. The molecule has 1 fully saturated rings. The number of imidazole rings is 1. The number of nitrogens with zero attached hydrogens (tertiary/aromatic N) is 5. The van der Waals surface area contributed by atoms with Crippen molar-refractivity contribution in [3.8, 4) is 11.3 Å². The van der Waals surface area contributed by atoms with Crippen LogP contribution in [0.5, 0.6) is 0 Å². The lowest BCUT2D eigenvalue weighted by molar-refractivity contribution is 0.481. The highest BCUT2D eigenvalue weighted by Gasteiger charge is 2.20. The lowest BCUT2D eigenvalue weighted by atomic mass is 10.0. The topological polar surface area (TPSA) is 58.4 Å². The number of hydrogen-bond acceptors (Lipinski definition) is 5. The fourth-order valence-electron chi connectivity index (χ4n) is 3.99. The van der Waals surface area contributed by atoms with Gasteiger partial charge < -0.3 is 10.2 Å². The van der Waals surface area contributed by atoms with E-state index in [2.05, 4.69) is 46.4 Å². The molecule has 1 unspecified atom stereocenters. The van der Waals surface area contributed by atoms with Crippen molar-refractivity contribution in [2.75, 3.05) is 16.8 Å². The van der Waals surface area contributed by atoms with Gasteiger partial charge >= 0.3 is 0 Å². The summed E-state index contributed by atoms with van der Waals surface area (Å²) in [6.07, 6.45) is 7.38. The quantitative estimate of drug-likeness (QED) is 0.541. The molecule has 146 valence electrons. The highest BCUT2D eigenvalue weighted by atomic mass is 15.3.